The second-order valence-electron chi connectivity index (χ2n) is 5.10. The van der Waals surface area contributed by atoms with Gasteiger partial charge in [0.25, 0.3) is 0 Å². The van der Waals surface area contributed by atoms with Crippen molar-refractivity contribution in [1.82, 2.24) is 5.32 Å². The van der Waals surface area contributed by atoms with Gasteiger partial charge in [0, 0.05) is 17.3 Å². The third-order valence-electron chi connectivity index (χ3n) is 3.89. The molecule has 2 aliphatic rings. The molecule has 0 radical (unpaired) electrons. The van der Waals surface area contributed by atoms with E-state index in [1.807, 2.05) is 12.1 Å². The lowest BCUT2D eigenvalue weighted by atomic mass is 9.91. The van der Waals surface area contributed by atoms with Gasteiger partial charge in [0.2, 0.25) is 0 Å². The molecule has 3 rings (SSSR count). The van der Waals surface area contributed by atoms with E-state index >= 15 is 0 Å². The molecule has 2 heterocycles. The summed E-state index contributed by atoms with van der Waals surface area (Å²) in [6.07, 6.45) is 2.04. The number of hydrogen-bond donors (Lipinski definition) is 1. The Morgan fingerprint density at radius 1 is 1.32 bits per heavy atom. The Morgan fingerprint density at radius 2 is 2.11 bits per heavy atom. The first-order chi connectivity index (χ1) is 9.25. The van der Waals surface area contributed by atoms with Crippen LogP contribution in [-0.2, 0) is 4.74 Å². The van der Waals surface area contributed by atoms with E-state index in [9.17, 15) is 4.79 Å². The first-order valence-corrected chi connectivity index (χ1v) is 7.06. The fourth-order valence-corrected chi connectivity index (χ4v) is 3.01. The predicted molar refractivity (Wildman–Crippen MR) is 74.7 cm³/mol. The molecule has 0 aromatic heterocycles. The quantitative estimate of drug-likeness (QED) is 0.906. The van der Waals surface area contributed by atoms with E-state index in [2.05, 4.69) is 5.32 Å². The summed E-state index contributed by atoms with van der Waals surface area (Å²) in [5.41, 5.74) is 0.863. The van der Waals surface area contributed by atoms with Gasteiger partial charge in [0.05, 0.1) is 6.04 Å². The van der Waals surface area contributed by atoms with Crippen LogP contribution in [0, 0.1) is 5.92 Å². The summed E-state index contributed by atoms with van der Waals surface area (Å²) >= 11 is 5.90. The maximum absolute atomic E-state index is 12.0. The van der Waals surface area contributed by atoms with Gasteiger partial charge >= 0.3 is 6.09 Å². The van der Waals surface area contributed by atoms with Crippen molar-refractivity contribution < 1.29 is 9.53 Å². The van der Waals surface area contributed by atoms with E-state index in [4.69, 9.17) is 16.3 Å². The molecule has 5 heteroatoms. The lowest BCUT2D eigenvalue weighted by Gasteiger charge is -2.32. The lowest BCUT2D eigenvalue weighted by molar-refractivity contribution is 0.174. The number of amides is 1. The van der Waals surface area contributed by atoms with Crippen LogP contribution in [0.3, 0.4) is 0 Å². The van der Waals surface area contributed by atoms with Crippen LogP contribution in [0.25, 0.3) is 0 Å². The van der Waals surface area contributed by atoms with Gasteiger partial charge in [-0.1, -0.05) is 11.6 Å². The Balaban J connectivity index is 1.83. The van der Waals surface area contributed by atoms with E-state index in [-0.39, 0.29) is 12.1 Å². The first-order valence-electron chi connectivity index (χ1n) is 6.68. The molecule has 102 valence electrons. The summed E-state index contributed by atoms with van der Waals surface area (Å²) in [7, 11) is 0. The summed E-state index contributed by atoms with van der Waals surface area (Å²) in [5.74, 6) is 0.455. The molecule has 0 saturated carbocycles. The lowest BCUT2D eigenvalue weighted by Crippen LogP contribution is -2.45. The van der Waals surface area contributed by atoms with E-state index in [0.717, 1.165) is 31.6 Å². The fraction of sp³-hybridized carbons (Fsp3) is 0.500. The summed E-state index contributed by atoms with van der Waals surface area (Å²) in [5, 5.41) is 4.07. The van der Waals surface area contributed by atoms with E-state index < -0.39 is 0 Å². The largest absolute Gasteiger partial charge is 0.447 e. The maximum Gasteiger partial charge on any atom is 0.414 e. The first kappa shape index (κ1) is 12.8. The Hall–Kier alpha value is -1.26. The van der Waals surface area contributed by atoms with Crippen molar-refractivity contribution in [2.75, 3.05) is 24.6 Å². The van der Waals surface area contributed by atoms with Crippen molar-refractivity contribution in [2.45, 2.75) is 18.9 Å². The predicted octanol–water partition coefficient (Wildman–Crippen LogP) is 2.66. The third-order valence-corrected chi connectivity index (χ3v) is 4.14. The molecule has 2 saturated heterocycles. The van der Waals surface area contributed by atoms with Gasteiger partial charge in [-0.05, 0) is 49.6 Å². The molecular weight excluding hydrogens is 264 g/mol. The molecule has 2 fully saturated rings. The minimum Gasteiger partial charge on any atom is -0.447 e. The van der Waals surface area contributed by atoms with Crippen LogP contribution in [0.4, 0.5) is 10.5 Å². The number of nitrogens with zero attached hydrogens (tertiary/aromatic N) is 1. The zero-order valence-corrected chi connectivity index (χ0v) is 11.4. The number of cyclic esters (lactones) is 1. The molecule has 2 atom stereocenters. The molecule has 0 bridgehead atoms. The van der Waals surface area contributed by atoms with Crippen molar-refractivity contribution in [2.24, 2.45) is 5.92 Å². The Kier molecular flexibility index (Phi) is 3.62. The highest BCUT2D eigenvalue weighted by atomic mass is 35.5. The Bertz CT molecular complexity index is 457. The number of carbonyl (C=O) groups is 1. The summed E-state index contributed by atoms with van der Waals surface area (Å²) in [6, 6.07) is 7.48. The van der Waals surface area contributed by atoms with Crippen LogP contribution < -0.4 is 10.2 Å². The number of piperidine rings is 1. The number of halogens is 1. The number of ether oxygens (including phenoxy) is 1. The minimum absolute atomic E-state index is 0.126. The highest BCUT2D eigenvalue weighted by Gasteiger charge is 2.39. The van der Waals surface area contributed by atoms with Gasteiger partial charge in [-0.15, -0.1) is 0 Å². The van der Waals surface area contributed by atoms with Crippen LogP contribution in [0.5, 0.6) is 0 Å². The van der Waals surface area contributed by atoms with Crippen molar-refractivity contribution in [3.05, 3.63) is 29.3 Å². The van der Waals surface area contributed by atoms with Crippen molar-refractivity contribution in [3.63, 3.8) is 0 Å². The number of rotatable bonds is 2. The van der Waals surface area contributed by atoms with Crippen LogP contribution in [0.2, 0.25) is 5.02 Å². The molecule has 1 N–H and O–H groups in total. The molecule has 1 aromatic carbocycles. The minimum atomic E-state index is -0.252. The zero-order chi connectivity index (χ0) is 13.2. The number of hydrogen-bond acceptors (Lipinski definition) is 3. The average molecular weight is 281 g/mol. The van der Waals surface area contributed by atoms with Gasteiger partial charge in [-0.25, -0.2) is 4.79 Å². The van der Waals surface area contributed by atoms with Crippen LogP contribution in [-0.4, -0.2) is 31.8 Å². The topological polar surface area (TPSA) is 41.6 Å². The smallest absolute Gasteiger partial charge is 0.414 e. The van der Waals surface area contributed by atoms with Gasteiger partial charge in [0.15, 0.2) is 0 Å². The Morgan fingerprint density at radius 3 is 2.79 bits per heavy atom. The number of carbonyl (C=O) groups excluding carboxylic acids is 1. The highest BCUT2D eigenvalue weighted by molar-refractivity contribution is 6.30. The second-order valence-corrected chi connectivity index (χ2v) is 5.53. The fourth-order valence-electron chi connectivity index (χ4n) is 2.89. The van der Waals surface area contributed by atoms with Crippen LogP contribution in [0.1, 0.15) is 12.8 Å². The van der Waals surface area contributed by atoms with Gasteiger partial charge in [-0.3, -0.25) is 4.90 Å². The number of nitrogens with one attached hydrogen (secondary N) is 1. The van der Waals surface area contributed by atoms with Crippen molar-refractivity contribution in [1.29, 1.82) is 0 Å². The summed E-state index contributed by atoms with van der Waals surface area (Å²) in [4.78, 5) is 13.7. The molecule has 1 aromatic rings. The number of benzene rings is 1. The summed E-state index contributed by atoms with van der Waals surface area (Å²) < 4.78 is 5.24. The van der Waals surface area contributed by atoms with Crippen LogP contribution >= 0.6 is 11.6 Å². The second kappa shape index (κ2) is 5.39. The molecule has 2 aliphatic heterocycles. The summed E-state index contributed by atoms with van der Waals surface area (Å²) in [6.45, 7) is 2.50. The molecule has 0 aliphatic carbocycles. The Labute approximate surface area is 117 Å². The SMILES string of the molecule is O=C1OCC(C2CCCNC2)N1c1ccc(Cl)cc1. The monoisotopic (exact) mass is 280 g/mol. The normalized spacial score (nSPS) is 27.4. The van der Waals surface area contributed by atoms with Gasteiger partial charge in [-0.2, -0.15) is 0 Å². The molecular formula is C14H17ClN2O2. The zero-order valence-electron chi connectivity index (χ0n) is 10.6. The molecule has 2 unspecified atom stereocenters. The van der Waals surface area contributed by atoms with E-state index in [1.54, 1.807) is 17.0 Å². The van der Waals surface area contributed by atoms with Crippen LogP contribution in [0.15, 0.2) is 24.3 Å². The highest BCUT2D eigenvalue weighted by Crippen LogP contribution is 2.30. The van der Waals surface area contributed by atoms with E-state index in [0.29, 0.717) is 17.5 Å². The van der Waals surface area contributed by atoms with Gasteiger partial charge < -0.3 is 10.1 Å². The maximum atomic E-state index is 12.0. The molecule has 1 amide bonds. The standard InChI is InChI=1S/C14H17ClN2O2/c15-11-3-5-12(6-4-11)17-13(9-19-14(17)18)10-2-1-7-16-8-10/h3-6,10,13,16H,1-2,7-9H2. The van der Waals surface area contributed by atoms with E-state index in [1.165, 1.54) is 0 Å². The molecule has 0 spiro atoms. The van der Waals surface area contributed by atoms with Crippen molar-refractivity contribution >= 4 is 23.4 Å². The van der Waals surface area contributed by atoms with Gasteiger partial charge in [0.1, 0.15) is 6.61 Å². The number of anilines is 1. The third kappa shape index (κ3) is 2.55. The average Bonchev–Trinajstić information content (AvgIpc) is 2.83. The van der Waals surface area contributed by atoms with Crippen molar-refractivity contribution in [3.8, 4) is 0 Å². The molecule has 19 heavy (non-hydrogen) atoms. The molecule has 4 nitrogen and oxygen atoms in total.